The van der Waals surface area contributed by atoms with Crippen LogP contribution in [0.15, 0.2) is 47.9 Å². The van der Waals surface area contributed by atoms with Crippen LogP contribution >= 0.6 is 23.1 Å². The normalized spacial score (nSPS) is 11.1. The molecule has 0 aliphatic carbocycles. The Morgan fingerprint density at radius 1 is 1.28 bits per heavy atom. The highest BCUT2D eigenvalue weighted by molar-refractivity contribution is 7.99. The van der Waals surface area contributed by atoms with Crippen molar-refractivity contribution >= 4 is 44.4 Å². The zero-order valence-electron chi connectivity index (χ0n) is 15.7. The van der Waals surface area contributed by atoms with Crippen molar-refractivity contribution in [3.63, 3.8) is 0 Å². The summed E-state index contributed by atoms with van der Waals surface area (Å²) < 4.78 is 2.49. The van der Waals surface area contributed by atoms with E-state index in [-0.39, 0.29) is 11.7 Å². The van der Waals surface area contributed by atoms with Crippen LogP contribution in [-0.4, -0.2) is 36.5 Å². The first-order valence-electron chi connectivity index (χ1n) is 8.96. The predicted molar refractivity (Wildman–Crippen MR) is 116 cm³/mol. The second kappa shape index (κ2) is 8.58. The number of pyridine rings is 1. The summed E-state index contributed by atoms with van der Waals surface area (Å²) in [5, 5.41) is 12.2. The molecule has 1 amide bonds. The lowest BCUT2D eigenvalue weighted by Gasteiger charge is -2.04. The molecular weight excluding hydrogens is 406 g/mol. The van der Waals surface area contributed by atoms with Crippen molar-refractivity contribution in [2.24, 2.45) is 0 Å². The fourth-order valence-electron chi connectivity index (χ4n) is 2.75. The number of rotatable bonds is 7. The van der Waals surface area contributed by atoms with Crippen molar-refractivity contribution in [1.29, 1.82) is 0 Å². The van der Waals surface area contributed by atoms with Crippen LogP contribution in [0.3, 0.4) is 0 Å². The van der Waals surface area contributed by atoms with E-state index in [0.29, 0.717) is 22.5 Å². The number of carbonyl (C=O) groups excluding carboxylic acids is 1. The van der Waals surface area contributed by atoms with Gasteiger partial charge >= 0.3 is 0 Å². The Balaban J connectivity index is 1.32. The highest BCUT2D eigenvalue weighted by atomic mass is 32.2. The van der Waals surface area contributed by atoms with Crippen LogP contribution < -0.4 is 11.2 Å². The van der Waals surface area contributed by atoms with Crippen molar-refractivity contribution < 1.29 is 4.79 Å². The molecule has 0 spiro atoms. The molecule has 0 aliphatic rings. The van der Waals surface area contributed by atoms with E-state index in [1.807, 2.05) is 37.4 Å². The van der Waals surface area contributed by atoms with Crippen molar-refractivity contribution in [3.8, 4) is 0 Å². The van der Waals surface area contributed by atoms with Crippen LogP contribution in [0, 0.1) is 6.92 Å². The number of thiazole rings is 1. The Kier molecular flexibility index (Phi) is 5.72. The first-order valence-corrected chi connectivity index (χ1v) is 10.8. The molecular formula is C19H19N7OS2. The summed E-state index contributed by atoms with van der Waals surface area (Å²) in [7, 11) is 0. The minimum absolute atomic E-state index is 0.161. The lowest BCUT2D eigenvalue weighted by Crippen LogP contribution is -2.17. The number of nitrogens with zero attached hydrogens (tertiary/aromatic N) is 5. The molecule has 1 aromatic carbocycles. The van der Waals surface area contributed by atoms with Crippen LogP contribution in [-0.2, 0) is 17.6 Å². The van der Waals surface area contributed by atoms with Crippen molar-refractivity contribution in [2.75, 3.05) is 16.9 Å². The summed E-state index contributed by atoms with van der Waals surface area (Å²) in [5.74, 6) is 6.76. The minimum Gasteiger partial charge on any atom is -0.336 e. The molecule has 10 heteroatoms. The van der Waals surface area contributed by atoms with Gasteiger partial charge in [0.15, 0.2) is 11.0 Å². The molecule has 0 saturated carbocycles. The highest BCUT2D eigenvalue weighted by Crippen LogP contribution is 2.27. The molecule has 29 heavy (non-hydrogen) atoms. The second-order valence-electron chi connectivity index (χ2n) is 6.46. The Bertz CT molecular complexity index is 1140. The lowest BCUT2D eigenvalue weighted by atomic mass is 10.1. The van der Waals surface area contributed by atoms with Gasteiger partial charge in [-0.2, -0.15) is 0 Å². The van der Waals surface area contributed by atoms with E-state index in [4.69, 9.17) is 5.84 Å². The zero-order valence-corrected chi connectivity index (χ0v) is 17.3. The Morgan fingerprint density at radius 3 is 3.00 bits per heavy atom. The van der Waals surface area contributed by atoms with E-state index in [0.717, 1.165) is 27.8 Å². The van der Waals surface area contributed by atoms with Gasteiger partial charge in [0.25, 0.3) is 0 Å². The van der Waals surface area contributed by atoms with Crippen LogP contribution in [0.25, 0.3) is 10.2 Å². The number of hydrogen-bond donors (Lipinski definition) is 2. The van der Waals surface area contributed by atoms with Crippen LogP contribution in [0.4, 0.5) is 5.13 Å². The fraction of sp³-hybridized carbons (Fsp3) is 0.211. The molecule has 3 aromatic heterocycles. The zero-order chi connectivity index (χ0) is 20.2. The van der Waals surface area contributed by atoms with Gasteiger partial charge in [-0.25, -0.2) is 9.66 Å². The summed E-state index contributed by atoms with van der Waals surface area (Å²) >= 11 is 2.70. The SMILES string of the molecule is Cc1ccc2nc(NC(=O)CSc3nnc(CCc4cccnc4)n3N)sc2c1. The molecule has 148 valence electrons. The molecule has 3 N–H and O–H groups in total. The average Bonchev–Trinajstić information content (AvgIpc) is 3.27. The smallest absolute Gasteiger partial charge is 0.236 e. The summed E-state index contributed by atoms with van der Waals surface area (Å²) in [6, 6.07) is 9.92. The summed E-state index contributed by atoms with van der Waals surface area (Å²) in [5.41, 5.74) is 3.15. The molecule has 0 saturated heterocycles. The molecule has 3 heterocycles. The summed E-state index contributed by atoms with van der Waals surface area (Å²) in [6.07, 6.45) is 4.98. The van der Waals surface area contributed by atoms with Crippen LogP contribution in [0.1, 0.15) is 17.0 Å². The second-order valence-corrected chi connectivity index (χ2v) is 8.43. The Morgan fingerprint density at radius 2 is 2.17 bits per heavy atom. The quantitative estimate of drug-likeness (QED) is 0.346. The van der Waals surface area contributed by atoms with Gasteiger partial charge in [0, 0.05) is 18.8 Å². The van der Waals surface area contributed by atoms with Crippen molar-refractivity contribution in [3.05, 3.63) is 59.7 Å². The topological polar surface area (TPSA) is 112 Å². The fourth-order valence-corrected chi connectivity index (χ4v) is 4.40. The molecule has 0 atom stereocenters. The molecule has 0 bridgehead atoms. The van der Waals surface area contributed by atoms with E-state index in [2.05, 4.69) is 31.5 Å². The van der Waals surface area contributed by atoms with E-state index >= 15 is 0 Å². The number of nitrogens with one attached hydrogen (secondary N) is 1. The number of carbonyl (C=O) groups is 1. The predicted octanol–water partition coefficient (Wildman–Crippen LogP) is 2.82. The number of aryl methyl sites for hydroxylation is 3. The molecule has 0 fully saturated rings. The third-order valence-corrected chi connectivity index (χ3v) is 6.09. The van der Waals surface area contributed by atoms with Crippen LogP contribution in [0.2, 0.25) is 0 Å². The van der Waals surface area contributed by atoms with Gasteiger partial charge in [-0.1, -0.05) is 35.2 Å². The summed E-state index contributed by atoms with van der Waals surface area (Å²) in [4.78, 5) is 20.8. The monoisotopic (exact) mass is 425 g/mol. The number of nitrogen functional groups attached to an aromatic ring is 1. The number of anilines is 1. The van der Waals surface area contributed by atoms with Gasteiger partial charge in [-0.15, -0.1) is 10.2 Å². The average molecular weight is 426 g/mol. The highest BCUT2D eigenvalue weighted by Gasteiger charge is 2.14. The van der Waals surface area contributed by atoms with E-state index in [1.165, 1.54) is 27.8 Å². The first kappa shape index (κ1) is 19.3. The minimum atomic E-state index is -0.161. The third kappa shape index (κ3) is 4.72. The molecule has 4 rings (SSSR count). The largest absolute Gasteiger partial charge is 0.336 e. The van der Waals surface area contributed by atoms with Crippen molar-refractivity contribution in [2.45, 2.75) is 24.9 Å². The molecule has 0 aliphatic heterocycles. The number of thioether (sulfide) groups is 1. The number of fused-ring (bicyclic) bond motifs is 1. The molecule has 4 aromatic rings. The maximum Gasteiger partial charge on any atom is 0.236 e. The number of benzene rings is 1. The van der Waals surface area contributed by atoms with Gasteiger partial charge in [0.05, 0.1) is 16.0 Å². The lowest BCUT2D eigenvalue weighted by molar-refractivity contribution is -0.113. The van der Waals surface area contributed by atoms with Gasteiger partial charge in [-0.05, 0) is 42.7 Å². The number of aromatic nitrogens is 5. The molecule has 0 radical (unpaired) electrons. The molecule has 0 unspecified atom stereocenters. The van der Waals surface area contributed by atoms with Gasteiger partial charge in [-0.3, -0.25) is 9.78 Å². The van der Waals surface area contributed by atoms with Gasteiger partial charge < -0.3 is 11.2 Å². The van der Waals surface area contributed by atoms with Gasteiger partial charge in [0.1, 0.15) is 0 Å². The van der Waals surface area contributed by atoms with Crippen molar-refractivity contribution in [1.82, 2.24) is 24.8 Å². The standard InChI is InChI=1S/C19H19N7OS2/c1-12-4-6-14-15(9-12)29-18(22-14)23-17(27)11-28-19-25-24-16(26(19)20)7-5-13-3-2-8-21-10-13/h2-4,6,8-10H,5,7,11,20H2,1H3,(H,22,23,27). The molecule has 8 nitrogen and oxygen atoms in total. The maximum absolute atomic E-state index is 12.3. The Labute approximate surface area is 175 Å². The van der Waals surface area contributed by atoms with Gasteiger partial charge in [0.2, 0.25) is 11.1 Å². The maximum atomic E-state index is 12.3. The summed E-state index contributed by atoms with van der Waals surface area (Å²) in [6.45, 7) is 2.03. The third-order valence-electron chi connectivity index (χ3n) is 4.22. The van der Waals surface area contributed by atoms with E-state index in [1.54, 1.807) is 6.20 Å². The van der Waals surface area contributed by atoms with Crippen LogP contribution in [0.5, 0.6) is 0 Å². The van der Waals surface area contributed by atoms with E-state index < -0.39 is 0 Å². The number of amides is 1. The van der Waals surface area contributed by atoms with E-state index in [9.17, 15) is 4.79 Å². The number of hydrogen-bond acceptors (Lipinski definition) is 8. The number of nitrogens with two attached hydrogens (primary N) is 1. The Hall–Kier alpha value is -2.98. The first-order chi connectivity index (χ1) is 14.1.